The molecule has 2 rings (SSSR count). The number of amides is 2. The maximum absolute atomic E-state index is 11.9. The second-order valence-electron chi connectivity index (χ2n) is 4.00. The molecule has 2 amide bonds. The molecule has 1 saturated heterocycles. The molecule has 0 saturated carbocycles. The summed E-state index contributed by atoms with van der Waals surface area (Å²) in [4.78, 5) is 35.8. The van der Waals surface area contributed by atoms with Gasteiger partial charge in [-0.2, -0.15) is 0 Å². The number of rotatable bonds is 4. The van der Waals surface area contributed by atoms with E-state index in [1.165, 1.54) is 22.7 Å². The number of nitrogens with zero attached hydrogens (tertiary/aromatic N) is 1. The molecule has 2 heterocycles. The Labute approximate surface area is 126 Å². The minimum atomic E-state index is -1.04. The van der Waals surface area contributed by atoms with Gasteiger partial charge in [0.15, 0.2) is 10.4 Å². The number of carbonyl (C=O) groups excluding carboxylic acids is 2. The van der Waals surface area contributed by atoms with E-state index >= 15 is 0 Å². The maximum Gasteiger partial charge on any atom is 0.327 e. The predicted molar refractivity (Wildman–Crippen MR) is 74.3 cm³/mol. The number of hydrogen-bond acceptors (Lipinski definition) is 5. The highest BCUT2D eigenvalue weighted by molar-refractivity contribution is 9.10. The Hall–Kier alpha value is -1.48. The fourth-order valence-electron chi connectivity index (χ4n) is 1.67. The standard InChI is InChI=1S/C11H11BrN2O5S/c12-8-2-1-7(19-8)10(16)13-3-9(15)14-5-20-4-6(14)11(17)18/h1-2,6H,3-5H2,(H,13,16)(H,17,18)/t6-/m0/s1. The summed E-state index contributed by atoms with van der Waals surface area (Å²) in [5.74, 6) is -1.23. The van der Waals surface area contributed by atoms with Crippen LogP contribution < -0.4 is 5.32 Å². The maximum atomic E-state index is 11.9. The Kier molecular flexibility index (Phi) is 4.71. The fourth-order valence-corrected chi connectivity index (χ4v) is 3.15. The number of carbonyl (C=O) groups is 3. The lowest BCUT2D eigenvalue weighted by atomic mass is 10.3. The molecular weight excluding hydrogens is 352 g/mol. The molecule has 0 bridgehead atoms. The van der Waals surface area contributed by atoms with Crippen LogP contribution in [0.3, 0.4) is 0 Å². The van der Waals surface area contributed by atoms with Crippen LogP contribution in [0, 0.1) is 0 Å². The fraction of sp³-hybridized carbons (Fsp3) is 0.364. The highest BCUT2D eigenvalue weighted by atomic mass is 79.9. The van der Waals surface area contributed by atoms with E-state index in [1.807, 2.05) is 0 Å². The van der Waals surface area contributed by atoms with Crippen LogP contribution in [0.5, 0.6) is 0 Å². The molecule has 1 fully saturated rings. The van der Waals surface area contributed by atoms with Crippen molar-refractivity contribution in [3.63, 3.8) is 0 Å². The zero-order chi connectivity index (χ0) is 14.7. The summed E-state index contributed by atoms with van der Waals surface area (Å²) < 4.78 is 5.46. The molecule has 2 N–H and O–H groups in total. The van der Waals surface area contributed by atoms with Crippen LogP contribution >= 0.6 is 27.7 Å². The second kappa shape index (κ2) is 6.31. The van der Waals surface area contributed by atoms with Crippen molar-refractivity contribution in [3.05, 3.63) is 22.6 Å². The summed E-state index contributed by atoms with van der Waals surface area (Å²) in [6, 6.07) is 2.20. The van der Waals surface area contributed by atoms with E-state index < -0.39 is 23.8 Å². The van der Waals surface area contributed by atoms with Gasteiger partial charge in [-0.05, 0) is 28.1 Å². The number of carboxylic acids is 1. The number of carboxylic acid groups (broad SMARTS) is 1. The van der Waals surface area contributed by atoms with Gasteiger partial charge < -0.3 is 19.7 Å². The van der Waals surface area contributed by atoms with Gasteiger partial charge in [0.2, 0.25) is 5.91 Å². The van der Waals surface area contributed by atoms with Gasteiger partial charge in [0.05, 0.1) is 12.4 Å². The molecule has 0 spiro atoms. The Balaban J connectivity index is 1.89. The molecule has 1 aliphatic rings. The summed E-state index contributed by atoms with van der Waals surface area (Å²) in [5.41, 5.74) is 0. The molecule has 0 unspecified atom stereocenters. The highest BCUT2D eigenvalue weighted by Crippen LogP contribution is 2.20. The number of furan rings is 1. The van der Waals surface area contributed by atoms with Crippen LogP contribution in [0.2, 0.25) is 0 Å². The topological polar surface area (TPSA) is 99.9 Å². The van der Waals surface area contributed by atoms with Crippen LogP contribution in [0.1, 0.15) is 10.6 Å². The smallest absolute Gasteiger partial charge is 0.327 e. The first-order chi connectivity index (χ1) is 9.49. The van der Waals surface area contributed by atoms with Crippen LogP contribution in [-0.4, -0.2) is 52.0 Å². The van der Waals surface area contributed by atoms with Gasteiger partial charge in [-0.25, -0.2) is 4.79 Å². The third kappa shape index (κ3) is 3.34. The first kappa shape index (κ1) is 14.9. The lowest BCUT2D eigenvalue weighted by Gasteiger charge is -2.20. The van der Waals surface area contributed by atoms with E-state index in [2.05, 4.69) is 21.2 Å². The van der Waals surface area contributed by atoms with E-state index in [0.717, 1.165) is 0 Å². The summed E-state index contributed by atoms with van der Waals surface area (Å²) in [6.45, 7) is -0.262. The quantitative estimate of drug-likeness (QED) is 0.819. The summed E-state index contributed by atoms with van der Waals surface area (Å²) >= 11 is 4.44. The minimum absolute atomic E-state index is 0.0789. The lowest BCUT2D eigenvalue weighted by molar-refractivity contribution is -0.147. The zero-order valence-corrected chi connectivity index (χ0v) is 12.6. The third-order valence-corrected chi connectivity index (χ3v) is 4.12. The Bertz CT molecular complexity index is 547. The van der Waals surface area contributed by atoms with E-state index in [-0.39, 0.29) is 12.3 Å². The number of halogens is 1. The molecule has 0 radical (unpaired) electrons. The first-order valence-corrected chi connectivity index (χ1v) is 7.57. The van der Waals surface area contributed by atoms with Crippen molar-refractivity contribution in [3.8, 4) is 0 Å². The molecule has 0 aromatic carbocycles. The van der Waals surface area contributed by atoms with Crippen LogP contribution in [0.4, 0.5) is 0 Å². The van der Waals surface area contributed by atoms with Gasteiger partial charge in [0.1, 0.15) is 6.04 Å². The normalized spacial score (nSPS) is 18.1. The van der Waals surface area contributed by atoms with Gasteiger partial charge in [0.25, 0.3) is 5.91 Å². The van der Waals surface area contributed by atoms with E-state index in [4.69, 9.17) is 9.52 Å². The number of hydrogen-bond donors (Lipinski definition) is 2. The Morgan fingerprint density at radius 3 is 2.85 bits per heavy atom. The number of aliphatic carboxylic acids is 1. The summed E-state index contributed by atoms with van der Waals surface area (Å²) in [7, 11) is 0. The average Bonchev–Trinajstić information content (AvgIpc) is 3.03. The molecule has 108 valence electrons. The van der Waals surface area contributed by atoms with Crippen molar-refractivity contribution < 1.29 is 23.9 Å². The Morgan fingerprint density at radius 1 is 1.50 bits per heavy atom. The lowest BCUT2D eigenvalue weighted by Crippen LogP contribution is -2.46. The molecule has 0 aliphatic carbocycles. The van der Waals surface area contributed by atoms with Crippen LogP contribution in [0.15, 0.2) is 21.2 Å². The van der Waals surface area contributed by atoms with Crippen molar-refractivity contribution in [2.24, 2.45) is 0 Å². The molecule has 1 aromatic heterocycles. The van der Waals surface area contributed by atoms with Crippen LogP contribution in [-0.2, 0) is 9.59 Å². The monoisotopic (exact) mass is 362 g/mol. The van der Waals surface area contributed by atoms with Gasteiger partial charge in [-0.15, -0.1) is 11.8 Å². The SMILES string of the molecule is O=C(NCC(=O)N1CSC[C@H]1C(=O)O)c1ccc(Br)o1. The summed E-state index contributed by atoms with van der Waals surface area (Å²) in [5, 5.41) is 11.4. The molecule has 7 nitrogen and oxygen atoms in total. The van der Waals surface area contributed by atoms with Gasteiger partial charge >= 0.3 is 5.97 Å². The molecule has 20 heavy (non-hydrogen) atoms. The molecule has 1 atom stereocenters. The van der Waals surface area contributed by atoms with E-state index in [1.54, 1.807) is 6.07 Å². The zero-order valence-electron chi connectivity index (χ0n) is 10.2. The van der Waals surface area contributed by atoms with Crippen molar-refractivity contribution >= 4 is 45.5 Å². The van der Waals surface area contributed by atoms with Gasteiger partial charge in [0, 0.05) is 5.75 Å². The van der Waals surface area contributed by atoms with Crippen molar-refractivity contribution in [2.75, 3.05) is 18.2 Å². The molecule has 1 aromatic rings. The van der Waals surface area contributed by atoms with E-state index in [9.17, 15) is 14.4 Å². The van der Waals surface area contributed by atoms with E-state index in [0.29, 0.717) is 16.3 Å². The summed E-state index contributed by atoms with van der Waals surface area (Å²) in [6.07, 6.45) is 0. The molecular formula is C11H11BrN2O5S. The minimum Gasteiger partial charge on any atom is -0.480 e. The van der Waals surface area contributed by atoms with Gasteiger partial charge in [-0.3, -0.25) is 9.59 Å². The predicted octanol–water partition coefficient (Wildman–Crippen LogP) is 0.758. The number of thioether (sulfide) groups is 1. The average molecular weight is 363 g/mol. The van der Waals surface area contributed by atoms with Crippen molar-refractivity contribution in [1.29, 1.82) is 0 Å². The second-order valence-corrected chi connectivity index (χ2v) is 5.79. The number of nitrogens with one attached hydrogen (secondary N) is 1. The third-order valence-electron chi connectivity index (χ3n) is 2.68. The molecule has 1 aliphatic heterocycles. The molecule has 9 heteroatoms. The first-order valence-electron chi connectivity index (χ1n) is 5.62. The van der Waals surface area contributed by atoms with Crippen molar-refractivity contribution in [1.82, 2.24) is 10.2 Å². The van der Waals surface area contributed by atoms with Crippen LogP contribution in [0.25, 0.3) is 0 Å². The highest BCUT2D eigenvalue weighted by Gasteiger charge is 2.34. The van der Waals surface area contributed by atoms with Crippen molar-refractivity contribution in [2.45, 2.75) is 6.04 Å². The Morgan fingerprint density at radius 2 is 2.25 bits per heavy atom. The van der Waals surface area contributed by atoms with Gasteiger partial charge in [-0.1, -0.05) is 0 Å². The largest absolute Gasteiger partial charge is 0.480 e.